The predicted molar refractivity (Wildman–Crippen MR) is 154 cm³/mol. The number of hydrogen-bond donors (Lipinski definition) is 0. The number of esters is 1. The predicted octanol–water partition coefficient (Wildman–Crippen LogP) is 8.82. The second-order valence-corrected chi connectivity index (χ2v) is 11.2. The molecule has 1 aliphatic carbocycles. The summed E-state index contributed by atoms with van der Waals surface area (Å²) in [6, 6.07) is 22.2. The Kier molecular flexibility index (Phi) is 7.83. The maximum absolute atomic E-state index is 12.1. The maximum atomic E-state index is 12.1. The molecule has 204 valence electrons. The van der Waals surface area contributed by atoms with Gasteiger partial charge in [-0.25, -0.2) is 4.79 Å². The molecule has 5 rings (SSSR count). The van der Waals surface area contributed by atoms with Crippen LogP contribution in [0.5, 0.6) is 5.75 Å². The van der Waals surface area contributed by atoms with Gasteiger partial charge >= 0.3 is 5.97 Å². The molecule has 1 aromatic heterocycles. The zero-order chi connectivity index (χ0) is 28.6. The Hall–Kier alpha value is -3.50. The van der Waals surface area contributed by atoms with Crippen molar-refractivity contribution in [3.8, 4) is 23.1 Å². The minimum absolute atomic E-state index is 0.0574. The number of nitriles is 1. The minimum Gasteiger partial charge on any atom is -0.470 e. The number of alkyl halides is 1. The first-order valence-electron chi connectivity index (χ1n) is 12.7. The van der Waals surface area contributed by atoms with Crippen molar-refractivity contribution in [1.82, 2.24) is 5.16 Å². The van der Waals surface area contributed by atoms with Crippen molar-refractivity contribution in [1.29, 1.82) is 5.26 Å². The Balaban J connectivity index is 1.52. The fourth-order valence-electron chi connectivity index (χ4n) is 5.11. The molecular weight excluding hydrogens is 571 g/mol. The molecule has 9 heteroatoms. The lowest BCUT2D eigenvalue weighted by Gasteiger charge is -2.20. The summed E-state index contributed by atoms with van der Waals surface area (Å²) in [4.78, 5) is 12.1. The molecule has 1 heterocycles. The Morgan fingerprint density at radius 1 is 1.10 bits per heavy atom. The maximum Gasteiger partial charge on any atom is 0.337 e. The monoisotopic (exact) mass is 594 g/mol. The molecule has 0 bridgehead atoms. The molecule has 40 heavy (non-hydrogen) atoms. The topological polar surface area (TPSA) is 85.4 Å². The van der Waals surface area contributed by atoms with Gasteiger partial charge in [0.2, 0.25) is 5.56 Å². The molecular formula is C31H25Cl3N2O4. The van der Waals surface area contributed by atoms with E-state index in [1.165, 1.54) is 7.11 Å². The van der Waals surface area contributed by atoms with E-state index in [0.717, 1.165) is 5.56 Å². The van der Waals surface area contributed by atoms with E-state index in [0.29, 0.717) is 55.9 Å². The van der Waals surface area contributed by atoms with E-state index in [-0.39, 0.29) is 11.8 Å². The van der Waals surface area contributed by atoms with Gasteiger partial charge < -0.3 is 14.0 Å². The van der Waals surface area contributed by atoms with E-state index in [2.05, 4.69) is 11.2 Å². The highest BCUT2D eigenvalue weighted by Crippen LogP contribution is 2.62. The number of ether oxygens (including phenoxy) is 2. The quantitative estimate of drug-likeness (QED) is 0.149. The summed E-state index contributed by atoms with van der Waals surface area (Å²) in [5.74, 6) is 0.381. The van der Waals surface area contributed by atoms with Crippen LogP contribution in [0.2, 0.25) is 10.0 Å². The molecule has 0 N–H and O–H groups in total. The van der Waals surface area contributed by atoms with Crippen LogP contribution in [0.3, 0.4) is 0 Å². The fraction of sp³-hybridized carbons (Fsp3) is 0.258. The summed E-state index contributed by atoms with van der Waals surface area (Å²) >= 11 is 20.0. The second kappa shape index (κ2) is 11.2. The lowest BCUT2D eigenvalue weighted by Crippen LogP contribution is -2.12. The van der Waals surface area contributed by atoms with Gasteiger partial charge in [-0.3, -0.25) is 0 Å². The summed E-state index contributed by atoms with van der Waals surface area (Å²) in [6.07, 6.45) is 0.562. The summed E-state index contributed by atoms with van der Waals surface area (Å²) in [6.45, 7) is 3.92. The van der Waals surface area contributed by atoms with Crippen molar-refractivity contribution in [3.05, 3.63) is 105 Å². The number of carbonyl (C=O) groups excluding carboxylic acids is 1. The number of aromatic nitrogens is 1. The molecule has 0 spiro atoms. The van der Waals surface area contributed by atoms with E-state index < -0.39 is 16.9 Å². The zero-order valence-electron chi connectivity index (χ0n) is 22.0. The van der Waals surface area contributed by atoms with Crippen LogP contribution in [-0.2, 0) is 10.2 Å². The first-order chi connectivity index (χ1) is 19.2. The molecule has 0 radical (unpaired) electrons. The van der Waals surface area contributed by atoms with E-state index in [9.17, 15) is 10.1 Å². The molecule has 1 fully saturated rings. The van der Waals surface area contributed by atoms with Gasteiger partial charge in [0.15, 0.2) is 0 Å². The van der Waals surface area contributed by atoms with Crippen LogP contribution in [0, 0.1) is 11.3 Å². The molecule has 1 aliphatic rings. The summed E-state index contributed by atoms with van der Waals surface area (Å²) in [7, 11) is 1.34. The first kappa shape index (κ1) is 28.0. The van der Waals surface area contributed by atoms with Gasteiger partial charge in [0.05, 0.1) is 39.8 Å². The van der Waals surface area contributed by atoms with Crippen molar-refractivity contribution in [2.75, 3.05) is 7.11 Å². The molecule has 0 aliphatic heterocycles. The van der Waals surface area contributed by atoms with Crippen LogP contribution in [0.1, 0.15) is 70.5 Å². The van der Waals surface area contributed by atoms with Crippen LogP contribution in [0.25, 0.3) is 11.3 Å². The van der Waals surface area contributed by atoms with Gasteiger partial charge in [-0.15, -0.1) is 0 Å². The average molecular weight is 596 g/mol. The number of benzene rings is 3. The van der Waals surface area contributed by atoms with Gasteiger partial charge in [0.1, 0.15) is 17.2 Å². The van der Waals surface area contributed by atoms with E-state index >= 15 is 0 Å². The fourth-order valence-corrected chi connectivity index (χ4v) is 5.99. The number of methoxy groups -OCH3 is 1. The molecule has 6 nitrogen and oxygen atoms in total. The van der Waals surface area contributed by atoms with Crippen molar-refractivity contribution >= 4 is 40.8 Å². The van der Waals surface area contributed by atoms with Crippen LogP contribution in [0.4, 0.5) is 0 Å². The molecule has 3 atom stereocenters. The lowest BCUT2D eigenvalue weighted by atomic mass is 9.91. The van der Waals surface area contributed by atoms with Gasteiger partial charge in [-0.1, -0.05) is 90.2 Å². The largest absolute Gasteiger partial charge is 0.470 e. The second-order valence-electron chi connectivity index (χ2n) is 9.95. The minimum atomic E-state index is -1.03. The normalized spacial score (nSPS) is 18.7. The van der Waals surface area contributed by atoms with Crippen LogP contribution >= 0.6 is 34.8 Å². The highest BCUT2D eigenvalue weighted by molar-refractivity contribution is 6.39. The van der Waals surface area contributed by atoms with Crippen molar-refractivity contribution in [3.63, 3.8) is 0 Å². The Morgan fingerprint density at radius 3 is 2.48 bits per heavy atom. The summed E-state index contributed by atoms with van der Waals surface area (Å²) < 4.78 is 16.9. The number of nitrogens with zero attached hydrogens (tertiary/aromatic N) is 2. The zero-order valence-corrected chi connectivity index (χ0v) is 24.2. The number of hydrogen-bond acceptors (Lipinski definition) is 6. The number of para-hydroxylation sites is 1. The van der Waals surface area contributed by atoms with E-state index in [1.807, 2.05) is 38.1 Å². The Bertz CT molecular complexity index is 1610. The van der Waals surface area contributed by atoms with Gasteiger partial charge in [-0.05, 0) is 42.3 Å². The highest BCUT2D eigenvalue weighted by atomic mass is 35.5. The van der Waals surface area contributed by atoms with Gasteiger partial charge in [0, 0.05) is 23.0 Å². The molecule has 4 aromatic rings. The third-order valence-electron chi connectivity index (χ3n) is 7.18. The highest BCUT2D eigenvalue weighted by Gasteiger charge is 2.58. The molecule has 3 aromatic carbocycles. The van der Waals surface area contributed by atoms with Crippen LogP contribution in [0.15, 0.2) is 71.3 Å². The number of halogens is 3. The molecule has 0 saturated heterocycles. The van der Waals surface area contributed by atoms with Gasteiger partial charge in [-0.2, -0.15) is 5.26 Å². The molecule has 3 unspecified atom stereocenters. The Morgan fingerprint density at radius 2 is 1.80 bits per heavy atom. The standard InChI is InChI=1S/C31H25Cl3N2O4/c1-17(2)28-26(27(36-40-28)25-22(32)11-7-12-23(25)33)29(34)39-24-13-5-4-10-20(24)31(16-35)15-21(31)18-8-6-9-19(14-18)30(37)38-3/h4-14,17,21,29H,15H2,1-3H3. The average Bonchev–Trinajstić information content (AvgIpc) is 3.54. The summed E-state index contributed by atoms with van der Waals surface area (Å²) in [5, 5.41) is 15.5. The number of rotatable bonds is 8. The third-order valence-corrected chi connectivity index (χ3v) is 8.11. The Labute approximate surface area is 247 Å². The SMILES string of the molecule is COC(=O)c1cccc(C2CC2(C#N)c2ccccc2OC(Cl)c2c(-c3c(Cl)cccc3Cl)noc2C(C)C)c1. The van der Waals surface area contributed by atoms with Crippen molar-refractivity contribution in [2.24, 2.45) is 0 Å². The van der Waals surface area contributed by atoms with E-state index in [4.69, 9.17) is 48.8 Å². The van der Waals surface area contributed by atoms with Gasteiger partial charge in [0.25, 0.3) is 0 Å². The van der Waals surface area contributed by atoms with Crippen LogP contribution in [-0.4, -0.2) is 18.2 Å². The van der Waals surface area contributed by atoms with Crippen molar-refractivity contribution in [2.45, 2.75) is 43.1 Å². The lowest BCUT2D eigenvalue weighted by molar-refractivity contribution is 0.0600. The number of carbonyl (C=O) groups is 1. The smallest absolute Gasteiger partial charge is 0.337 e. The summed E-state index contributed by atoms with van der Waals surface area (Å²) in [5.41, 5.74) is 1.55. The first-order valence-corrected chi connectivity index (χ1v) is 13.8. The van der Waals surface area contributed by atoms with Crippen molar-refractivity contribution < 1.29 is 18.8 Å². The van der Waals surface area contributed by atoms with E-state index in [1.54, 1.807) is 42.5 Å². The molecule has 1 saturated carbocycles. The third kappa shape index (κ3) is 4.94. The molecule has 0 amide bonds. The van der Waals surface area contributed by atoms with Crippen LogP contribution < -0.4 is 4.74 Å².